The number of nitrogens with two attached hydrogens (primary N) is 1. The summed E-state index contributed by atoms with van der Waals surface area (Å²) in [5.74, 6) is 0.479. The molecule has 0 bridgehead atoms. The molecule has 0 spiro atoms. The number of aliphatic hydroxyl groups excluding tert-OH is 1. The predicted molar refractivity (Wildman–Crippen MR) is 59.2 cm³/mol. The first-order valence-corrected chi connectivity index (χ1v) is 5.82. The molecule has 0 aromatic carbocycles. The molecule has 1 saturated carbocycles. The molecule has 4 nitrogen and oxygen atoms in total. The van der Waals surface area contributed by atoms with Crippen LogP contribution in [0.25, 0.3) is 0 Å². The fourth-order valence-corrected chi connectivity index (χ4v) is 1.95. The number of carbonyl (C=O) groups is 1. The fraction of sp³-hybridized carbons (Fsp3) is 0.909. The van der Waals surface area contributed by atoms with Crippen molar-refractivity contribution in [3.63, 3.8) is 0 Å². The van der Waals surface area contributed by atoms with Crippen LogP contribution in [0.15, 0.2) is 0 Å². The molecule has 1 aliphatic carbocycles. The number of rotatable bonds is 5. The summed E-state index contributed by atoms with van der Waals surface area (Å²) in [5.41, 5.74) is 5.68. The average molecular weight is 214 g/mol. The van der Waals surface area contributed by atoms with E-state index < -0.39 is 0 Å². The van der Waals surface area contributed by atoms with Crippen LogP contribution in [-0.4, -0.2) is 29.7 Å². The molecule has 0 aliphatic heterocycles. The molecular formula is C11H22N2O2. The fourth-order valence-electron chi connectivity index (χ4n) is 1.95. The number of nitrogens with one attached hydrogen (secondary N) is 1. The van der Waals surface area contributed by atoms with Gasteiger partial charge in [0.25, 0.3) is 0 Å². The van der Waals surface area contributed by atoms with Crippen molar-refractivity contribution in [2.75, 3.05) is 6.54 Å². The summed E-state index contributed by atoms with van der Waals surface area (Å²) in [7, 11) is 0. The monoisotopic (exact) mass is 214 g/mol. The Morgan fingerprint density at radius 3 is 2.87 bits per heavy atom. The summed E-state index contributed by atoms with van der Waals surface area (Å²) in [4.78, 5) is 11.4. The van der Waals surface area contributed by atoms with Crippen molar-refractivity contribution >= 4 is 5.91 Å². The minimum atomic E-state index is -0.162. The Bertz CT molecular complexity index is 209. The first-order chi connectivity index (χ1) is 7.11. The van der Waals surface area contributed by atoms with Gasteiger partial charge in [-0.05, 0) is 31.6 Å². The topological polar surface area (TPSA) is 75.4 Å². The Morgan fingerprint density at radius 1 is 1.60 bits per heavy atom. The highest BCUT2D eigenvalue weighted by atomic mass is 16.3. The Labute approximate surface area is 91.2 Å². The standard InChI is InChI=1S/C11H22N2O2/c1-2-9(12)6-11(15)13-7-8-3-4-10(14)5-8/h8-10,14H,2-7,12H2,1H3,(H,13,15). The second-order valence-electron chi connectivity index (χ2n) is 4.51. The highest BCUT2D eigenvalue weighted by molar-refractivity contribution is 5.76. The van der Waals surface area contributed by atoms with Gasteiger partial charge in [-0.3, -0.25) is 4.79 Å². The van der Waals surface area contributed by atoms with Crippen LogP contribution in [0.5, 0.6) is 0 Å². The lowest BCUT2D eigenvalue weighted by Crippen LogP contribution is -2.33. The van der Waals surface area contributed by atoms with Crippen LogP contribution in [0.3, 0.4) is 0 Å². The van der Waals surface area contributed by atoms with E-state index in [1.54, 1.807) is 0 Å². The SMILES string of the molecule is CCC(N)CC(=O)NCC1CCC(O)C1. The van der Waals surface area contributed by atoms with E-state index in [2.05, 4.69) is 5.32 Å². The quantitative estimate of drug-likeness (QED) is 0.619. The lowest BCUT2D eigenvalue weighted by Gasteiger charge is -2.12. The molecule has 3 atom stereocenters. The van der Waals surface area contributed by atoms with Gasteiger partial charge in [0.05, 0.1) is 6.10 Å². The van der Waals surface area contributed by atoms with E-state index in [4.69, 9.17) is 5.73 Å². The highest BCUT2D eigenvalue weighted by Gasteiger charge is 2.22. The van der Waals surface area contributed by atoms with Gasteiger partial charge >= 0.3 is 0 Å². The summed E-state index contributed by atoms with van der Waals surface area (Å²) in [6.07, 6.45) is 3.78. The molecule has 15 heavy (non-hydrogen) atoms. The molecule has 4 N–H and O–H groups in total. The van der Waals surface area contributed by atoms with Gasteiger partial charge in [0.15, 0.2) is 0 Å². The van der Waals surface area contributed by atoms with Crippen LogP contribution in [0, 0.1) is 5.92 Å². The number of amides is 1. The smallest absolute Gasteiger partial charge is 0.221 e. The minimum absolute atomic E-state index is 0.0285. The molecule has 0 radical (unpaired) electrons. The van der Waals surface area contributed by atoms with Crippen molar-refractivity contribution in [1.29, 1.82) is 0 Å². The van der Waals surface area contributed by atoms with Crippen LogP contribution in [0.4, 0.5) is 0 Å². The molecule has 3 unspecified atom stereocenters. The van der Waals surface area contributed by atoms with Gasteiger partial charge in [0.1, 0.15) is 0 Å². The maximum absolute atomic E-state index is 11.4. The summed E-state index contributed by atoms with van der Waals surface area (Å²) in [5, 5.41) is 12.2. The third kappa shape index (κ3) is 4.62. The molecule has 0 aromatic rings. The van der Waals surface area contributed by atoms with Crippen LogP contribution in [-0.2, 0) is 4.79 Å². The zero-order valence-corrected chi connectivity index (χ0v) is 9.41. The molecule has 1 aliphatic rings. The Balaban J connectivity index is 2.11. The normalized spacial score (nSPS) is 27.7. The van der Waals surface area contributed by atoms with E-state index in [0.717, 1.165) is 25.7 Å². The average Bonchev–Trinajstić information content (AvgIpc) is 2.61. The molecule has 1 amide bonds. The molecule has 0 aromatic heterocycles. The lowest BCUT2D eigenvalue weighted by molar-refractivity contribution is -0.121. The third-order valence-electron chi connectivity index (χ3n) is 3.07. The second kappa shape index (κ2) is 6.08. The molecule has 1 rings (SSSR count). The van der Waals surface area contributed by atoms with Gasteiger partial charge < -0.3 is 16.2 Å². The summed E-state index contributed by atoms with van der Waals surface area (Å²) in [6, 6.07) is -0.0285. The van der Waals surface area contributed by atoms with Crippen LogP contribution in [0.1, 0.15) is 39.0 Å². The largest absolute Gasteiger partial charge is 0.393 e. The van der Waals surface area contributed by atoms with Crippen molar-refractivity contribution in [2.45, 2.75) is 51.2 Å². The van der Waals surface area contributed by atoms with Crippen molar-refractivity contribution < 1.29 is 9.90 Å². The van der Waals surface area contributed by atoms with Gasteiger partial charge in [-0.1, -0.05) is 6.92 Å². The first kappa shape index (κ1) is 12.5. The van der Waals surface area contributed by atoms with E-state index in [1.807, 2.05) is 6.92 Å². The summed E-state index contributed by atoms with van der Waals surface area (Å²) < 4.78 is 0. The van der Waals surface area contributed by atoms with Crippen LogP contribution >= 0.6 is 0 Å². The van der Waals surface area contributed by atoms with E-state index >= 15 is 0 Å². The second-order valence-corrected chi connectivity index (χ2v) is 4.51. The third-order valence-corrected chi connectivity index (χ3v) is 3.07. The number of hydrogen-bond acceptors (Lipinski definition) is 3. The maximum atomic E-state index is 11.4. The zero-order chi connectivity index (χ0) is 11.3. The van der Waals surface area contributed by atoms with Gasteiger partial charge in [0.2, 0.25) is 5.91 Å². The van der Waals surface area contributed by atoms with E-state index in [-0.39, 0.29) is 18.1 Å². The minimum Gasteiger partial charge on any atom is -0.393 e. The van der Waals surface area contributed by atoms with Crippen molar-refractivity contribution in [1.82, 2.24) is 5.32 Å². The van der Waals surface area contributed by atoms with Crippen molar-refractivity contribution in [2.24, 2.45) is 11.7 Å². The Hall–Kier alpha value is -0.610. The summed E-state index contributed by atoms with van der Waals surface area (Å²) >= 11 is 0. The molecule has 88 valence electrons. The summed E-state index contributed by atoms with van der Waals surface area (Å²) in [6.45, 7) is 2.66. The van der Waals surface area contributed by atoms with Gasteiger partial charge in [-0.25, -0.2) is 0 Å². The van der Waals surface area contributed by atoms with Gasteiger partial charge in [-0.15, -0.1) is 0 Å². The highest BCUT2D eigenvalue weighted by Crippen LogP contribution is 2.24. The maximum Gasteiger partial charge on any atom is 0.221 e. The predicted octanol–water partition coefficient (Wildman–Crippen LogP) is 0.391. The molecule has 0 saturated heterocycles. The Morgan fingerprint density at radius 2 is 2.33 bits per heavy atom. The van der Waals surface area contributed by atoms with E-state index in [1.165, 1.54) is 0 Å². The van der Waals surface area contributed by atoms with Crippen molar-refractivity contribution in [3.05, 3.63) is 0 Å². The van der Waals surface area contributed by atoms with Crippen LogP contribution < -0.4 is 11.1 Å². The number of aliphatic hydroxyl groups is 1. The number of carbonyl (C=O) groups excluding carboxylic acids is 1. The lowest BCUT2D eigenvalue weighted by atomic mass is 10.1. The van der Waals surface area contributed by atoms with E-state index in [0.29, 0.717) is 18.9 Å². The molecule has 1 fully saturated rings. The van der Waals surface area contributed by atoms with Gasteiger partial charge in [0, 0.05) is 19.0 Å². The van der Waals surface area contributed by atoms with Crippen LogP contribution in [0.2, 0.25) is 0 Å². The first-order valence-electron chi connectivity index (χ1n) is 5.82. The Kier molecular flexibility index (Phi) is 5.05. The number of hydrogen-bond donors (Lipinski definition) is 3. The molecular weight excluding hydrogens is 192 g/mol. The van der Waals surface area contributed by atoms with E-state index in [9.17, 15) is 9.90 Å². The van der Waals surface area contributed by atoms with Gasteiger partial charge in [-0.2, -0.15) is 0 Å². The van der Waals surface area contributed by atoms with Crippen molar-refractivity contribution in [3.8, 4) is 0 Å². The zero-order valence-electron chi connectivity index (χ0n) is 9.41. The molecule has 4 heteroatoms. The molecule has 0 heterocycles.